The summed E-state index contributed by atoms with van der Waals surface area (Å²) in [6.07, 6.45) is 2.21. The van der Waals surface area contributed by atoms with Gasteiger partial charge in [0.05, 0.1) is 0 Å². The molecule has 2 rings (SSSR count). The maximum Gasteiger partial charge on any atom is 0.115 e. The Balaban J connectivity index is 1.76. The lowest BCUT2D eigenvalue weighted by Gasteiger charge is -2.41. The number of phenolic OH excluding ortho intramolecular Hbond substituents is 1. The third-order valence-electron chi connectivity index (χ3n) is 3.35. The Morgan fingerprint density at radius 3 is 2.56 bits per heavy atom. The van der Waals surface area contributed by atoms with Crippen LogP contribution in [0.4, 0.5) is 0 Å². The van der Waals surface area contributed by atoms with E-state index in [-0.39, 0.29) is 0 Å². The molecule has 1 aromatic rings. The number of benzene rings is 1. The minimum atomic E-state index is 0.338. The molecule has 0 amide bonds. The molecule has 1 saturated heterocycles. The lowest BCUT2D eigenvalue weighted by Crippen LogP contribution is -2.58. The summed E-state index contributed by atoms with van der Waals surface area (Å²) in [7, 11) is 0. The van der Waals surface area contributed by atoms with E-state index < -0.39 is 0 Å². The first-order valence-electron chi connectivity index (χ1n) is 5.92. The van der Waals surface area contributed by atoms with Crippen LogP contribution in [0.25, 0.3) is 0 Å². The second-order valence-corrected chi connectivity index (χ2v) is 4.77. The van der Waals surface area contributed by atoms with E-state index in [2.05, 4.69) is 11.8 Å². The largest absolute Gasteiger partial charge is 0.508 e. The number of hydrogen-bond acceptors (Lipinski definition) is 3. The Labute approximate surface area is 96.9 Å². The van der Waals surface area contributed by atoms with E-state index in [0.717, 1.165) is 25.9 Å². The van der Waals surface area contributed by atoms with Gasteiger partial charge in [0, 0.05) is 25.2 Å². The molecule has 1 heterocycles. The summed E-state index contributed by atoms with van der Waals surface area (Å²) in [4.78, 5) is 2.42. The van der Waals surface area contributed by atoms with Crippen LogP contribution in [0, 0.1) is 0 Å². The van der Waals surface area contributed by atoms with Crippen LogP contribution in [-0.4, -0.2) is 35.2 Å². The number of rotatable bonds is 4. The molecule has 1 fully saturated rings. The molecule has 0 aliphatic carbocycles. The highest BCUT2D eigenvalue weighted by Crippen LogP contribution is 2.16. The summed E-state index contributed by atoms with van der Waals surface area (Å²) in [6, 6.07) is 8.47. The molecule has 3 N–H and O–H groups in total. The number of phenols is 1. The quantitative estimate of drug-likeness (QED) is 0.805. The van der Waals surface area contributed by atoms with Gasteiger partial charge in [0.25, 0.3) is 0 Å². The number of aromatic hydroxyl groups is 1. The summed E-state index contributed by atoms with van der Waals surface area (Å²) < 4.78 is 0. The molecule has 1 atom stereocenters. The van der Waals surface area contributed by atoms with E-state index in [1.807, 2.05) is 12.1 Å². The van der Waals surface area contributed by atoms with E-state index in [1.54, 1.807) is 12.1 Å². The molecule has 3 heteroatoms. The van der Waals surface area contributed by atoms with Crippen molar-refractivity contribution in [1.82, 2.24) is 4.90 Å². The predicted octanol–water partition coefficient (Wildman–Crippen LogP) is 1.36. The number of likely N-dealkylation sites (tertiary alicyclic amines) is 1. The zero-order chi connectivity index (χ0) is 11.5. The molecule has 1 aliphatic heterocycles. The highest BCUT2D eigenvalue weighted by molar-refractivity contribution is 5.25. The van der Waals surface area contributed by atoms with Crippen molar-refractivity contribution in [2.45, 2.75) is 31.8 Å². The van der Waals surface area contributed by atoms with Crippen molar-refractivity contribution in [2.75, 3.05) is 13.1 Å². The first-order chi connectivity index (χ1) is 7.65. The molecule has 88 valence electrons. The number of aryl methyl sites for hydroxylation is 1. The highest BCUT2D eigenvalue weighted by atomic mass is 16.3. The van der Waals surface area contributed by atoms with Crippen molar-refractivity contribution in [2.24, 2.45) is 5.73 Å². The smallest absolute Gasteiger partial charge is 0.115 e. The van der Waals surface area contributed by atoms with Crippen molar-refractivity contribution in [1.29, 1.82) is 0 Å². The van der Waals surface area contributed by atoms with Crippen LogP contribution in [0.2, 0.25) is 0 Å². The second kappa shape index (κ2) is 4.85. The van der Waals surface area contributed by atoms with E-state index in [4.69, 9.17) is 5.73 Å². The first kappa shape index (κ1) is 11.4. The maximum atomic E-state index is 9.18. The monoisotopic (exact) mass is 220 g/mol. The SMILES string of the molecule is CC(CCc1ccc(O)cc1)N1CC(N)C1. The van der Waals surface area contributed by atoms with Gasteiger partial charge in [-0.1, -0.05) is 12.1 Å². The Morgan fingerprint density at radius 2 is 2.00 bits per heavy atom. The molecule has 0 bridgehead atoms. The molecule has 0 saturated carbocycles. The van der Waals surface area contributed by atoms with E-state index in [9.17, 15) is 5.11 Å². The fourth-order valence-electron chi connectivity index (χ4n) is 2.13. The lowest BCUT2D eigenvalue weighted by molar-refractivity contribution is 0.0984. The zero-order valence-corrected chi connectivity index (χ0v) is 9.76. The molecule has 3 nitrogen and oxygen atoms in total. The van der Waals surface area contributed by atoms with Crippen LogP contribution in [0.5, 0.6) is 5.75 Å². The minimum Gasteiger partial charge on any atom is -0.508 e. The van der Waals surface area contributed by atoms with Gasteiger partial charge in [-0.2, -0.15) is 0 Å². The zero-order valence-electron chi connectivity index (χ0n) is 9.76. The van der Waals surface area contributed by atoms with Crippen LogP contribution >= 0.6 is 0 Å². The maximum absolute atomic E-state index is 9.18. The second-order valence-electron chi connectivity index (χ2n) is 4.77. The van der Waals surface area contributed by atoms with Gasteiger partial charge in [0.1, 0.15) is 5.75 Å². The molecular formula is C13H20N2O. The van der Waals surface area contributed by atoms with Crippen molar-refractivity contribution < 1.29 is 5.11 Å². The van der Waals surface area contributed by atoms with Crippen molar-refractivity contribution in [3.8, 4) is 5.75 Å². The Hall–Kier alpha value is -1.06. The minimum absolute atomic E-state index is 0.338. The molecular weight excluding hydrogens is 200 g/mol. The van der Waals surface area contributed by atoms with E-state index in [0.29, 0.717) is 17.8 Å². The normalized spacial score (nSPS) is 19.4. The van der Waals surface area contributed by atoms with Crippen LogP contribution < -0.4 is 5.73 Å². The Bertz CT molecular complexity index is 330. The molecule has 0 spiro atoms. The molecule has 1 unspecified atom stereocenters. The molecule has 0 aromatic heterocycles. The van der Waals surface area contributed by atoms with Gasteiger partial charge in [0.15, 0.2) is 0 Å². The standard InChI is InChI=1S/C13H20N2O/c1-10(15-8-12(14)9-15)2-3-11-4-6-13(16)7-5-11/h4-7,10,12,16H,2-3,8-9,14H2,1H3. The Kier molecular flexibility index (Phi) is 3.46. The third kappa shape index (κ3) is 2.74. The molecule has 16 heavy (non-hydrogen) atoms. The summed E-state index contributed by atoms with van der Waals surface area (Å²) in [5.41, 5.74) is 7.05. The van der Waals surface area contributed by atoms with Crippen molar-refractivity contribution >= 4 is 0 Å². The van der Waals surface area contributed by atoms with Gasteiger partial charge in [-0.25, -0.2) is 0 Å². The summed E-state index contributed by atoms with van der Waals surface area (Å²) in [5, 5.41) is 9.18. The highest BCUT2D eigenvalue weighted by Gasteiger charge is 2.26. The number of nitrogens with zero attached hydrogens (tertiary/aromatic N) is 1. The first-order valence-corrected chi connectivity index (χ1v) is 5.92. The van der Waals surface area contributed by atoms with Crippen molar-refractivity contribution in [3.05, 3.63) is 29.8 Å². The number of nitrogens with two attached hydrogens (primary N) is 1. The summed E-state index contributed by atoms with van der Waals surface area (Å²) in [5.74, 6) is 0.338. The van der Waals surface area contributed by atoms with E-state index in [1.165, 1.54) is 5.56 Å². The predicted molar refractivity (Wildman–Crippen MR) is 65.4 cm³/mol. The van der Waals surface area contributed by atoms with Gasteiger partial charge in [0.2, 0.25) is 0 Å². The molecule has 0 radical (unpaired) electrons. The summed E-state index contributed by atoms with van der Waals surface area (Å²) in [6.45, 7) is 4.33. The van der Waals surface area contributed by atoms with Crippen LogP contribution in [-0.2, 0) is 6.42 Å². The summed E-state index contributed by atoms with van der Waals surface area (Å²) >= 11 is 0. The van der Waals surface area contributed by atoms with Crippen molar-refractivity contribution in [3.63, 3.8) is 0 Å². The van der Waals surface area contributed by atoms with Gasteiger partial charge < -0.3 is 10.8 Å². The molecule has 1 aromatic carbocycles. The van der Waals surface area contributed by atoms with Gasteiger partial charge in [-0.3, -0.25) is 4.90 Å². The molecule has 1 aliphatic rings. The van der Waals surface area contributed by atoms with Gasteiger partial charge in [-0.05, 0) is 37.5 Å². The Morgan fingerprint density at radius 1 is 1.38 bits per heavy atom. The van der Waals surface area contributed by atoms with Crippen LogP contribution in [0.1, 0.15) is 18.9 Å². The average Bonchev–Trinajstić information content (AvgIpc) is 2.24. The van der Waals surface area contributed by atoms with Crippen LogP contribution in [0.15, 0.2) is 24.3 Å². The van der Waals surface area contributed by atoms with Gasteiger partial charge >= 0.3 is 0 Å². The topological polar surface area (TPSA) is 49.5 Å². The third-order valence-corrected chi connectivity index (χ3v) is 3.35. The average molecular weight is 220 g/mol. The fraction of sp³-hybridized carbons (Fsp3) is 0.538. The lowest BCUT2D eigenvalue weighted by atomic mass is 10.0. The number of hydrogen-bond donors (Lipinski definition) is 2. The van der Waals surface area contributed by atoms with Gasteiger partial charge in [-0.15, -0.1) is 0 Å². The van der Waals surface area contributed by atoms with Crippen LogP contribution in [0.3, 0.4) is 0 Å². The van der Waals surface area contributed by atoms with E-state index >= 15 is 0 Å². The fourth-order valence-corrected chi connectivity index (χ4v) is 2.13.